The summed E-state index contributed by atoms with van der Waals surface area (Å²) in [5.74, 6) is 0.388. The predicted octanol–water partition coefficient (Wildman–Crippen LogP) is 15.5. The summed E-state index contributed by atoms with van der Waals surface area (Å²) in [7, 11) is 0. The normalized spacial score (nSPS) is 18.0. The molecular weight excluding hydrogens is 725 g/mol. The van der Waals surface area contributed by atoms with Crippen molar-refractivity contribution in [3.63, 3.8) is 0 Å². The van der Waals surface area contributed by atoms with Gasteiger partial charge in [0, 0.05) is 39.8 Å². The van der Waals surface area contributed by atoms with Crippen LogP contribution in [0.3, 0.4) is 0 Å². The van der Waals surface area contributed by atoms with E-state index in [2.05, 4.69) is 211 Å². The summed E-state index contributed by atoms with van der Waals surface area (Å²) < 4.78 is 2.39. The number of allylic oxidation sites excluding steroid dienone is 11. The number of anilines is 2. The van der Waals surface area contributed by atoms with Crippen molar-refractivity contribution in [3.05, 3.63) is 216 Å². The first-order valence-electron chi connectivity index (χ1n) is 21.9. The van der Waals surface area contributed by atoms with Crippen molar-refractivity contribution in [1.82, 2.24) is 4.57 Å². The third-order valence-electron chi connectivity index (χ3n) is 13.5. The third-order valence-corrected chi connectivity index (χ3v) is 13.5. The Bertz CT molecular complexity index is 2980. The van der Waals surface area contributed by atoms with Crippen LogP contribution in [-0.4, -0.2) is 11.1 Å². The van der Waals surface area contributed by atoms with Crippen LogP contribution in [0.2, 0.25) is 0 Å². The molecule has 60 heavy (non-hydrogen) atoms. The summed E-state index contributed by atoms with van der Waals surface area (Å²) in [6.07, 6.45) is 22.5. The Labute approximate surface area is 354 Å². The Kier molecular flexibility index (Phi) is 9.03. The highest BCUT2D eigenvalue weighted by Crippen LogP contribution is 2.55. The van der Waals surface area contributed by atoms with E-state index in [9.17, 15) is 0 Å². The number of fused-ring (bicyclic) bond motifs is 5. The van der Waals surface area contributed by atoms with Gasteiger partial charge in [-0.3, -0.25) is 0 Å². The molecule has 11 rings (SSSR count). The maximum absolute atomic E-state index is 2.60. The van der Waals surface area contributed by atoms with Gasteiger partial charge < -0.3 is 9.47 Å². The fraction of sp³-hybridized carbons (Fsp3) is 0.172. The van der Waals surface area contributed by atoms with Crippen LogP contribution in [0.25, 0.3) is 55.3 Å². The van der Waals surface area contributed by atoms with Gasteiger partial charge in [0.25, 0.3) is 0 Å². The van der Waals surface area contributed by atoms with Crippen LogP contribution in [-0.2, 0) is 0 Å². The van der Waals surface area contributed by atoms with Crippen LogP contribution in [0.5, 0.6) is 0 Å². The Morgan fingerprint density at radius 3 is 2.03 bits per heavy atom. The van der Waals surface area contributed by atoms with Crippen molar-refractivity contribution in [1.29, 1.82) is 0 Å². The molecule has 1 unspecified atom stereocenters. The van der Waals surface area contributed by atoms with Gasteiger partial charge in [0.05, 0.1) is 11.0 Å². The molecule has 0 saturated heterocycles. The summed E-state index contributed by atoms with van der Waals surface area (Å²) >= 11 is 0. The number of benzene rings is 6. The van der Waals surface area contributed by atoms with Crippen molar-refractivity contribution >= 4 is 38.8 Å². The molecule has 6 aromatic carbocycles. The summed E-state index contributed by atoms with van der Waals surface area (Å²) in [4.78, 5) is 2.55. The molecule has 7 aromatic rings. The van der Waals surface area contributed by atoms with Crippen molar-refractivity contribution < 1.29 is 0 Å². The molecule has 4 aliphatic carbocycles. The minimum Gasteiger partial charge on any atom is -0.341 e. The molecule has 0 aliphatic heterocycles. The number of nitrogens with zero attached hydrogens (tertiary/aromatic N) is 2. The molecule has 0 fully saturated rings. The number of para-hydroxylation sites is 2. The Morgan fingerprint density at radius 1 is 0.583 bits per heavy atom. The van der Waals surface area contributed by atoms with E-state index in [-0.39, 0.29) is 5.41 Å². The minimum atomic E-state index is 0.114. The molecule has 292 valence electrons. The lowest BCUT2D eigenvalue weighted by Crippen LogP contribution is -2.26. The van der Waals surface area contributed by atoms with Gasteiger partial charge in [0.2, 0.25) is 0 Å². The van der Waals surface area contributed by atoms with Gasteiger partial charge in [-0.05, 0) is 149 Å². The average Bonchev–Trinajstić information content (AvgIpc) is 3.76. The van der Waals surface area contributed by atoms with Gasteiger partial charge >= 0.3 is 0 Å². The van der Waals surface area contributed by atoms with Crippen LogP contribution >= 0.6 is 0 Å². The van der Waals surface area contributed by atoms with Crippen LogP contribution in [0.15, 0.2) is 210 Å². The zero-order valence-electron chi connectivity index (χ0n) is 34.6. The summed E-state index contributed by atoms with van der Waals surface area (Å²) in [6, 6.07) is 54.0. The molecule has 0 radical (unpaired) electrons. The molecule has 1 atom stereocenters. The first-order valence-corrected chi connectivity index (χ1v) is 21.9. The van der Waals surface area contributed by atoms with Crippen molar-refractivity contribution in [2.45, 2.75) is 46.0 Å². The summed E-state index contributed by atoms with van der Waals surface area (Å²) in [5.41, 5.74) is 19.8. The van der Waals surface area contributed by atoms with Crippen molar-refractivity contribution in [3.8, 4) is 27.9 Å². The first kappa shape index (κ1) is 36.4. The Hall–Kier alpha value is -6.64. The summed E-state index contributed by atoms with van der Waals surface area (Å²) in [5, 5.41) is 2.55. The standard InChI is InChI=1S/C58H50N2/c1-58(2)54-22-11-9-20-50(54)52-36-40(24-34-55(52)58)39-59(47-30-25-42(26-31-47)45-17-13-16-44(37-45)41-14-5-3-6-15-41)48-32-27-43(28-33-48)46-29-35-57-53(38-46)51-21-10-12-23-56(51)60(57)49-18-7-4-8-19-49/h4-5,7-10,12-21,23,25-38,40H,3,6,11,22,24,39H2,1-2H3. The van der Waals surface area contributed by atoms with Crippen LogP contribution in [0.4, 0.5) is 11.4 Å². The monoisotopic (exact) mass is 774 g/mol. The van der Waals surface area contributed by atoms with E-state index in [0.717, 1.165) is 32.2 Å². The minimum absolute atomic E-state index is 0.114. The van der Waals surface area contributed by atoms with E-state index >= 15 is 0 Å². The van der Waals surface area contributed by atoms with Gasteiger partial charge in [-0.1, -0.05) is 147 Å². The molecule has 0 spiro atoms. The fourth-order valence-electron chi connectivity index (χ4n) is 10.4. The molecular formula is C58H50N2. The van der Waals surface area contributed by atoms with Gasteiger partial charge in [-0.25, -0.2) is 0 Å². The zero-order valence-corrected chi connectivity index (χ0v) is 34.6. The van der Waals surface area contributed by atoms with E-state index < -0.39 is 0 Å². The molecule has 0 saturated carbocycles. The molecule has 2 heteroatoms. The van der Waals surface area contributed by atoms with Crippen LogP contribution in [0.1, 0.15) is 51.5 Å². The maximum atomic E-state index is 2.60. The van der Waals surface area contributed by atoms with E-state index in [4.69, 9.17) is 0 Å². The lowest BCUT2D eigenvalue weighted by atomic mass is 9.76. The molecule has 0 N–H and O–H groups in total. The SMILES string of the molecule is CC1(C)C2=CCC(CN(c3ccc(-c4cccc(C5=CCCC=C5)c4)cc3)c3ccc(-c4ccc5c(c4)c4ccccc4n5-c4ccccc4)cc3)C=C2C2=C1CCC=C2. The smallest absolute Gasteiger partial charge is 0.0541 e. The first-order chi connectivity index (χ1) is 29.5. The Morgan fingerprint density at radius 2 is 1.27 bits per heavy atom. The molecule has 0 amide bonds. The van der Waals surface area contributed by atoms with Gasteiger partial charge in [0.1, 0.15) is 0 Å². The highest BCUT2D eigenvalue weighted by molar-refractivity contribution is 6.10. The van der Waals surface area contributed by atoms with Crippen molar-refractivity contribution in [2.75, 3.05) is 11.4 Å². The third kappa shape index (κ3) is 6.34. The second-order valence-corrected chi connectivity index (χ2v) is 17.5. The van der Waals surface area contributed by atoms with Gasteiger partial charge in [-0.15, -0.1) is 0 Å². The second-order valence-electron chi connectivity index (χ2n) is 17.5. The number of hydrogen-bond donors (Lipinski definition) is 0. The number of aromatic nitrogens is 1. The highest BCUT2D eigenvalue weighted by atomic mass is 15.1. The highest BCUT2D eigenvalue weighted by Gasteiger charge is 2.41. The topological polar surface area (TPSA) is 8.17 Å². The number of hydrogen-bond acceptors (Lipinski definition) is 1. The molecule has 4 aliphatic rings. The second kappa shape index (κ2) is 14.9. The predicted molar refractivity (Wildman–Crippen MR) is 255 cm³/mol. The van der Waals surface area contributed by atoms with Crippen LogP contribution < -0.4 is 4.90 Å². The molecule has 1 aromatic heterocycles. The zero-order chi connectivity index (χ0) is 40.2. The van der Waals surface area contributed by atoms with E-state index in [1.165, 1.54) is 95.4 Å². The van der Waals surface area contributed by atoms with Crippen molar-refractivity contribution in [2.24, 2.45) is 11.3 Å². The summed E-state index contributed by atoms with van der Waals surface area (Å²) in [6.45, 7) is 5.77. The van der Waals surface area contributed by atoms with E-state index in [0.29, 0.717) is 5.92 Å². The van der Waals surface area contributed by atoms with E-state index in [1.807, 2.05) is 0 Å². The lowest BCUT2D eigenvalue weighted by molar-refractivity contribution is 0.527. The Balaban J connectivity index is 0.943. The quantitative estimate of drug-likeness (QED) is 0.149. The lowest BCUT2D eigenvalue weighted by Gasteiger charge is -2.32. The van der Waals surface area contributed by atoms with Crippen LogP contribution in [0, 0.1) is 11.3 Å². The van der Waals surface area contributed by atoms with Gasteiger partial charge in [0.15, 0.2) is 0 Å². The van der Waals surface area contributed by atoms with E-state index in [1.54, 1.807) is 5.57 Å². The number of rotatable bonds is 8. The maximum Gasteiger partial charge on any atom is 0.0541 e. The molecule has 1 heterocycles. The van der Waals surface area contributed by atoms with Gasteiger partial charge in [-0.2, -0.15) is 0 Å². The molecule has 0 bridgehead atoms. The molecule has 2 nitrogen and oxygen atoms in total. The fourth-order valence-corrected chi connectivity index (χ4v) is 10.4. The average molecular weight is 775 g/mol. The largest absolute Gasteiger partial charge is 0.341 e.